The number of pyridine rings is 1. The topological polar surface area (TPSA) is 107 Å². The number of aliphatic carboxylic acids is 1. The van der Waals surface area contributed by atoms with Crippen molar-refractivity contribution in [3.63, 3.8) is 0 Å². The van der Waals surface area contributed by atoms with E-state index in [1.54, 1.807) is 12.4 Å². The minimum atomic E-state index is -0.855. The van der Waals surface area contributed by atoms with Crippen LogP contribution in [0.15, 0.2) is 65.6 Å². The monoisotopic (exact) mass is 453 g/mol. The molecule has 0 aliphatic heterocycles. The molecule has 170 valence electrons. The first-order chi connectivity index (χ1) is 16.4. The molecule has 0 unspecified atom stereocenters. The number of carbonyl (C=O) groups is 1. The molecule has 0 saturated heterocycles. The van der Waals surface area contributed by atoms with Crippen molar-refractivity contribution in [2.75, 3.05) is 0 Å². The zero-order chi connectivity index (χ0) is 23.8. The van der Waals surface area contributed by atoms with Gasteiger partial charge in [0.2, 0.25) is 0 Å². The van der Waals surface area contributed by atoms with Gasteiger partial charge in [0.1, 0.15) is 11.3 Å². The zero-order valence-electron chi connectivity index (χ0n) is 19.1. The van der Waals surface area contributed by atoms with Gasteiger partial charge in [-0.25, -0.2) is 9.97 Å². The second kappa shape index (κ2) is 8.55. The Balaban J connectivity index is 1.68. The summed E-state index contributed by atoms with van der Waals surface area (Å²) in [7, 11) is 0. The Morgan fingerprint density at radius 2 is 1.91 bits per heavy atom. The molecule has 5 rings (SSSR count). The van der Waals surface area contributed by atoms with Crippen LogP contribution in [0.5, 0.6) is 0 Å². The van der Waals surface area contributed by atoms with Gasteiger partial charge in [0, 0.05) is 18.0 Å². The summed E-state index contributed by atoms with van der Waals surface area (Å²) in [6.45, 7) is 5.82. The molecule has 0 spiro atoms. The highest BCUT2D eigenvalue weighted by Crippen LogP contribution is 2.34. The summed E-state index contributed by atoms with van der Waals surface area (Å²) in [5.41, 5.74) is 7.27. The van der Waals surface area contributed by atoms with Crippen molar-refractivity contribution in [2.24, 2.45) is 0 Å². The van der Waals surface area contributed by atoms with Gasteiger partial charge in [-0.05, 0) is 44.0 Å². The lowest BCUT2D eigenvalue weighted by Crippen LogP contribution is -2.08. The lowest BCUT2D eigenvalue weighted by molar-refractivity contribution is -0.136. The van der Waals surface area contributed by atoms with Gasteiger partial charge < -0.3 is 14.2 Å². The molecule has 0 radical (unpaired) electrons. The van der Waals surface area contributed by atoms with Crippen LogP contribution < -0.4 is 0 Å². The summed E-state index contributed by atoms with van der Waals surface area (Å²) < 4.78 is 7.42. The summed E-state index contributed by atoms with van der Waals surface area (Å²) in [5, 5.41) is 13.1. The highest BCUT2D eigenvalue weighted by atomic mass is 16.5. The maximum Gasteiger partial charge on any atom is 0.307 e. The Bertz CT molecular complexity index is 1470. The Labute approximate surface area is 195 Å². The molecule has 1 N–H and O–H groups in total. The minimum absolute atomic E-state index is 0.0145. The SMILES string of the molecule is Cc1noc(C)c1-c1cnc2c(-c3ccc(CC(=O)O)cc3)cn([C@@H](C)c3ccccn3)c2n1. The summed E-state index contributed by atoms with van der Waals surface area (Å²) in [4.78, 5) is 25.4. The van der Waals surface area contributed by atoms with Crippen LogP contribution in [0.1, 0.15) is 35.7 Å². The van der Waals surface area contributed by atoms with Crippen molar-refractivity contribution >= 4 is 17.1 Å². The average Bonchev–Trinajstić information content (AvgIpc) is 3.38. The molecule has 8 nitrogen and oxygen atoms in total. The van der Waals surface area contributed by atoms with E-state index >= 15 is 0 Å². The smallest absolute Gasteiger partial charge is 0.307 e. The third-order valence-electron chi connectivity index (χ3n) is 5.96. The summed E-state index contributed by atoms with van der Waals surface area (Å²) >= 11 is 0. The number of carboxylic acids is 1. The van der Waals surface area contributed by atoms with E-state index in [-0.39, 0.29) is 12.5 Å². The second-order valence-corrected chi connectivity index (χ2v) is 8.27. The Hall–Kier alpha value is -4.33. The molecule has 0 saturated carbocycles. The Kier molecular flexibility index (Phi) is 5.41. The number of nitrogens with zero attached hydrogens (tertiary/aromatic N) is 5. The number of aryl methyl sites for hydroxylation is 2. The molecule has 0 fully saturated rings. The van der Waals surface area contributed by atoms with Crippen LogP contribution in [-0.4, -0.2) is 35.8 Å². The van der Waals surface area contributed by atoms with Crippen LogP contribution in [0, 0.1) is 13.8 Å². The fraction of sp³-hybridized carbons (Fsp3) is 0.192. The van der Waals surface area contributed by atoms with E-state index in [1.165, 1.54) is 0 Å². The van der Waals surface area contributed by atoms with Gasteiger partial charge in [0.25, 0.3) is 0 Å². The summed E-state index contributed by atoms with van der Waals surface area (Å²) in [5.74, 6) is -0.164. The summed E-state index contributed by atoms with van der Waals surface area (Å²) in [6.07, 6.45) is 5.54. The van der Waals surface area contributed by atoms with E-state index in [0.717, 1.165) is 44.8 Å². The van der Waals surface area contributed by atoms with Gasteiger partial charge >= 0.3 is 5.97 Å². The molecule has 1 aromatic carbocycles. The van der Waals surface area contributed by atoms with Crippen molar-refractivity contribution < 1.29 is 14.4 Å². The van der Waals surface area contributed by atoms with E-state index in [4.69, 9.17) is 19.6 Å². The highest BCUT2D eigenvalue weighted by Gasteiger charge is 2.21. The average molecular weight is 454 g/mol. The molecular formula is C26H23N5O3. The van der Waals surface area contributed by atoms with E-state index < -0.39 is 5.97 Å². The van der Waals surface area contributed by atoms with Gasteiger partial charge in [-0.1, -0.05) is 35.5 Å². The fourth-order valence-corrected chi connectivity index (χ4v) is 4.23. The van der Waals surface area contributed by atoms with E-state index in [9.17, 15) is 4.79 Å². The number of carboxylic acid groups (broad SMARTS) is 1. The second-order valence-electron chi connectivity index (χ2n) is 8.27. The number of hydrogen-bond acceptors (Lipinski definition) is 6. The van der Waals surface area contributed by atoms with Gasteiger partial charge in [0.05, 0.1) is 41.3 Å². The first-order valence-electron chi connectivity index (χ1n) is 10.9. The van der Waals surface area contributed by atoms with Gasteiger partial charge in [-0.3, -0.25) is 9.78 Å². The van der Waals surface area contributed by atoms with Gasteiger partial charge in [0.15, 0.2) is 5.65 Å². The molecular weight excluding hydrogens is 430 g/mol. The number of rotatable bonds is 6. The normalized spacial score (nSPS) is 12.2. The third kappa shape index (κ3) is 3.83. The van der Waals surface area contributed by atoms with Crippen molar-refractivity contribution in [3.05, 3.63) is 83.8 Å². The Morgan fingerprint density at radius 1 is 1.12 bits per heavy atom. The van der Waals surface area contributed by atoms with Crippen molar-refractivity contribution in [1.82, 2.24) is 24.7 Å². The fourth-order valence-electron chi connectivity index (χ4n) is 4.23. The first kappa shape index (κ1) is 21.5. The highest BCUT2D eigenvalue weighted by molar-refractivity contribution is 5.92. The predicted octanol–water partition coefficient (Wildman–Crippen LogP) is 5.00. The van der Waals surface area contributed by atoms with Crippen LogP contribution in [0.3, 0.4) is 0 Å². The molecule has 5 aromatic rings. The van der Waals surface area contributed by atoms with Gasteiger partial charge in [-0.15, -0.1) is 0 Å². The molecule has 0 aliphatic rings. The first-order valence-corrected chi connectivity index (χ1v) is 10.9. The van der Waals surface area contributed by atoms with E-state index in [2.05, 4.69) is 21.6 Å². The molecule has 4 heterocycles. The van der Waals surface area contributed by atoms with Crippen LogP contribution in [-0.2, 0) is 11.2 Å². The molecule has 0 amide bonds. The third-order valence-corrected chi connectivity index (χ3v) is 5.96. The van der Waals surface area contributed by atoms with Crippen molar-refractivity contribution in [2.45, 2.75) is 33.2 Å². The van der Waals surface area contributed by atoms with Crippen LogP contribution in [0.4, 0.5) is 0 Å². The van der Waals surface area contributed by atoms with Crippen LogP contribution in [0.25, 0.3) is 33.5 Å². The molecule has 4 aromatic heterocycles. The Morgan fingerprint density at radius 3 is 2.56 bits per heavy atom. The van der Waals surface area contributed by atoms with Crippen molar-refractivity contribution in [3.8, 4) is 22.4 Å². The number of fused-ring (bicyclic) bond motifs is 1. The number of benzene rings is 1. The molecule has 0 bridgehead atoms. The minimum Gasteiger partial charge on any atom is -0.481 e. The van der Waals surface area contributed by atoms with Gasteiger partial charge in [-0.2, -0.15) is 0 Å². The standard InChI is InChI=1S/C26H23N5O3/c1-15-24(17(3)34-30-15)22-13-28-25-20(19-9-7-18(8-10-19)12-23(32)33)14-31(26(25)29-22)16(2)21-6-4-5-11-27-21/h4-11,13-14,16H,12H2,1-3H3,(H,32,33)/t16-/m0/s1. The predicted molar refractivity (Wildman–Crippen MR) is 127 cm³/mol. The van der Waals surface area contributed by atoms with Crippen LogP contribution >= 0.6 is 0 Å². The largest absolute Gasteiger partial charge is 0.481 e. The molecule has 0 aliphatic carbocycles. The summed E-state index contributed by atoms with van der Waals surface area (Å²) in [6, 6.07) is 13.3. The zero-order valence-corrected chi connectivity index (χ0v) is 19.1. The maximum absolute atomic E-state index is 11.1. The lowest BCUT2D eigenvalue weighted by Gasteiger charge is -2.14. The van der Waals surface area contributed by atoms with Crippen molar-refractivity contribution in [1.29, 1.82) is 0 Å². The van der Waals surface area contributed by atoms with E-state index in [1.807, 2.05) is 62.5 Å². The molecule has 1 atom stereocenters. The maximum atomic E-state index is 11.1. The number of hydrogen-bond donors (Lipinski definition) is 1. The quantitative estimate of drug-likeness (QED) is 0.385. The van der Waals surface area contributed by atoms with Crippen LogP contribution in [0.2, 0.25) is 0 Å². The number of aromatic nitrogens is 5. The lowest BCUT2D eigenvalue weighted by atomic mass is 10.0. The van der Waals surface area contributed by atoms with E-state index in [0.29, 0.717) is 11.5 Å². The molecule has 34 heavy (non-hydrogen) atoms. The molecule has 8 heteroatoms.